The van der Waals surface area contributed by atoms with Crippen LogP contribution in [0.2, 0.25) is 0 Å². The number of nitrogens with zero attached hydrogens (tertiary/aromatic N) is 1. The van der Waals surface area contributed by atoms with Crippen molar-refractivity contribution in [1.29, 1.82) is 0 Å². The number of ether oxygens (including phenoxy) is 1. The minimum atomic E-state index is -0.450. The van der Waals surface area contributed by atoms with Crippen LogP contribution in [0.25, 0.3) is 0 Å². The van der Waals surface area contributed by atoms with Gasteiger partial charge in [-0.15, -0.1) is 0 Å². The number of carbonyl (C=O) groups excluding carboxylic acids is 1. The van der Waals surface area contributed by atoms with Gasteiger partial charge in [-0.2, -0.15) is 0 Å². The number of benzene rings is 1. The average molecular weight is 280 g/mol. The molecule has 0 bridgehead atoms. The van der Waals surface area contributed by atoms with E-state index in [1.165, 1.54) is 12.1 Å². The summed E-state index contributed by atoms with van der Waals surface area (Å²) >= 11 is 0. The van der Waals surface area contributed by atoms with Gasteiger partial charge in [0.1, 0.15) is 11.4 Å². The van der Waals surface area contributed by atoms with Gasteiger partial charge in [0.2, 0.25) is 0 Å². The number of likely N-dealkylation sites (tertiary alicyclic amines) is 1. The Morgan fingerprint density at radius 1 is 1.35 bits per heavy atom. The Kier molecular flexibility index (Phi) is 4.16. The molecule has 20 heavy (non-hydrogen) atoms. The van der Waals surface area contributed by atoms with Crippen molar-refractivity contribution in [3.63, 3.8) is 0 Å². The van der Waals surface area contributed by atoms with Crippen molar-refractivity contribution in [2.75, 3.05) is 25.0 Å². The highest BCUT2D eigenvalue weighted by Crippen LogP contribution is 2.20. The number of nitrogens with one attached hydrogen (secondary N) is 1. The van der Waals surface area contributed by atoms with Gasteiger partial charge in [-0.05, 0) is 45.0 Å². The molecule has 1 aromatic rings. The van der Waals surface area contributed by atoms with Gasteiger partial charge in [0, 0.05) is 31.2 Å². The van der Waals surface area contributed by atoms with E-state index < -0.39 is 5.60 Å². The molecule has 0 saturated carbocycles. The van der Waals surface area contributed by atoms with Crippen LogP contribution in [0.3, 0.4) is 0 Å². The van der Waals surface area contributed by atoms with Gasteiger partial charge in [-0.1, -0.05) is 0 Å². The maximum Gasteiger partial charge on any atom is 0.410 e. The lowest BCUT2D eigenvalue weighted by molar-refractivity contribution is 0.000846. The monoisotopic (exact) mass is 280 g/mol. The van der Waals surface area contributed by atoms with E-state index in [4.69, 9.17) is 4.74 Å². The van der Waals surface area contributed by atoms with Crippen molar-refractivity contribution in [3.8, 4) is 0 Å². The predicted octanol–water partition coefficient (Wildman–Crippen LogP) is 3.10. The largest absolute Gasteiger partial charge is 0.444 e. The average Bonchev–Trinajstić information content (AvgIpc) is 2.27. The molecule has 4 nitrogen and oxygen atoms in total. The zero-order chi connectivity index (χ0) is 14.8. The van der Waals surface area contributed by atoms with E-state index in [1.807, 2.05) is 20.8 Å². The molecule has 2 rings (SSSR count). The molecular weight excluding hydrogens is 259 g/mol. The summed E-state index contributed by atoms with van der Waals surface area (Å²) in [6.45, 7) is 7.74. The maximum atomic E-state index is 12.8. The van der Waals surface area contributed by atoms with Crippen LogP contribution in [0.1, 0.15) is 20.8 Å². The standard InChI is InChI=1S/C15H21FN2O2/c1-15(2,3)20-14(19)18-9-11(10-18)8-17-13-6-4-12(16)5-7-13/h4-7,11,17H,8-10H2,1-3H3. The molecule has 1 aliphatic rings. The molecule has 1 aliphatic heterocycles. The molecule has 110 valence electrons. The Bertz CT molecular complexity index is 462. The van der Waals surface area contributed by atoms with E-state index in [0.29, 0.717) is 19.0 Å². The summed E-state index contributed by atoms with van der Waals surface area (Å²) in [6, 6.07) is 6.27. The van der Waals surface area contributed by atoms with Gasteiger partial charge in [-0.3, -0.25) is 0 Å². The van der Waals surface area contributed by atoms with E-state index in [1.54, 1.807) is 17.0 Å². The third-order valence-electron chi connectivity index (χ3n) is 3.05. The van der Waals surface area contributed by atoms with E-state index in [0.717, 1.165) is 12.2 Å². The van der Waals surface area contributed by atoms with Gasteiger partial charge in [0.25, 0.3) is 0 Å². The fourth-order valence-electron chi connectivity index (χ4n) is 2.00. The Morgan fingerprint density at radius 3 is 2.50 bits per heavy atom. The Hall–Kier alpha value is -1.78. The number of hydrogen-bond acceptors (Lipinski definition) is 3. The summed E-state index contributed by atoms with van der Waals surface area (Å²) in [5.74, 6) is 0.169. The van der Waals surface area contributed by atoms with Gasteiger partial charge in [-0.25, -0.2) is 9.18 Å². The van der Waals surface area contributed by atoms with E-state index in [9.17, 15) is 9.18 Å². The van der Waals surface area contributed by atoms with Crippen molar-refractivity contribution < 1.29 is 13.9 Å². The lowest BCUT2D eigenvalue weighted by Gasteiger charge is -2.39. The minimum Gasteiger partial charge on any atom is -0.444 e. The SMILES string of the molecule is CC(C)(C)OC(=O)N1CC(CNc2ccc(F)cc2)C1. The molecule has 1 N–H and O–H groups in total. The smallest absolute Gasteiger partial charge is 0.410 e. The highest BCUT2D eigenvalue weighted by Gasteiger charge is 2.33. The number of carbonyl (C=O) groups is 1. The van der Waals surface area contributed by atoms with Crippen LogP contribution in [-0.2, 0) is 4.74 Å². The van der Waals surface area contributed by atoms with Gasteiger partial charge in [0.15, 0.2) is 0 Å². The number of hydrogen-bond donors (Lipinski definition) is 1. The van der Waals surface area contributed by atoms with E-state index in [2.05, 4.69) is 5.32 Å². The van der Waals surface area contributed by atoms with Crippen LogP contribution in [0.5, 0.6) is 0 Å². The zero-order valence-electron chi connectivity index (χ0n) is 12.1. The van der Waals surface area contributed by atoms with Crippen molar-refractivity contribution in [3.05, 3.63) is 30.1 Å². The molecule has 1 fully saturated rings. The summed E-state index contributed by atoms with van der Waals surface area (Å²) in [5, 5.41) is 3.24. The lowest BCUT2D eigenvalue weighted by Crippen LogP contribution is -2.53. The minimum absolute atomic E-state index is 0.240. The first-order valence-corrected chi connectivity index (χ1v) is 6.81. The van der Waals surface area contributed by atoms with Crippen LogP contribution >= 0.6 is 0 Å². The summed E-state index contributed by atoms with van der Waals surface area (Å²) in [4.78, 5) is 13.4. The third-order valence-corrected chi connectivity index (χ3v) is 3.05. The van der Waals surface area contributed by atoms with Crippen LogP contribution in [-0.4, -0.2) is 36.2 Å². The molecular formula is C15H21FN2O2. The van der Waals surface area contributed by atoms with Crippen LogP contribution < -0.4 is 5.32 Å². The fraction of sp³-hybridized carbons (Fsp3) is 0.533. The molecule has 0 aromatic heterocycles. The molecule has 0 unspecified atom stereocenters. The molecule has 0 radical (unpaired) electrons. The van der Waals surface area contributed by atoms with Gasteiger partial charge >= 0.3 is 6.09 Å². The first kappa shape index (κ1) is 14.6. The number of anilines is 1. The fourth-order valence-corrected chi connectivity index (χ4v) is 2.00. The second-order valence-electron chi connectivity index (χ2n) is 6.14. The van der Waals surface area contributed by atoms with Gasteiger partial charge in [0.05, 0.1) is 0 Å². The molecule has 5 heteroatoms. The highest BCUT2D eigenvalue weighted by atomic mass is 19.1. The molecule has 1 saturated heterocycles. The van der Waals surface area contributed by atoms with Crippen molar-refractivity contribution in [2.24, 2.45) is 5.92 Å². The topological polar surface area (TPSA) is 41.6 Å². The first-order chi connectivity index (χ1) is 9.33. The Labute approximate surface area is 118 Å². The first-order valence-electron chi connectivity index (χ1n) is 6.81. The zero-order valence-corrected chi connectivity index (χ0v) is 12.1. The number of rotatable bonds is 3. The second-order valence-corrected chi connectivity index (χ2v) is 6.14. The number of amides is 1. The van der Waals surface area contributed by atoms with Crippen molar-refractivity contribution >= 4 is 11.8 Å². The van der Waals surface area contributed by atoms with E-state index in [-0.39, 0.29) is 11.9 Å². The molecule has 1 heterocycles. The molecule has 1 amide bonds. The Balaban J connectivity index is 1.69. The molecule has 1 aromatic carbocycles. The van der Waals surface area contributed by atoms with Crippen LogP contribution in [0.15, 0.2) is 24.3 Å². The lowest BCUT2D eigenvalue weighted by atomic mass is 10.0. The van der Waals surface area contributed by atoms with Crippen molar-refractivity contribution in [1.82, 2.24) is 4.90 Å². The van der Waals surface area contributed by atoms with Crippen molar-refractivity contribution in [2.45, 2.75) is 26.4 Å². The van der Waals surface area contributed by atoms with Gasteiger partial charge < -0.3 is 15.0 Å². The molecule has 0 atom stereocenters. The van der Waals surface area contributed by atoms with Crippen LogP contribution in [0, 0.1) is 11.7 Å². The highest BCUT2D eigenvalue weighted by molar-refractivity contribution is 5.69. The van der Waals surface area contributed by atoms with E-state index >= 15 is 0 Å². The quantitative estimate of drug-likeness (QED) is 0.925. The molecule has 0 spiro atoms. The summed E-state index contributed by atoms with van der Waals surface area (Å²) in [6.07, 6.45) is -0.254. The Morgan fingerprint density at radius 2 is 1.95 bits per heavy atom. The molecule has 0 aliphatic carbocycles. The summed E-state index contributed by atoms with van der Waals surface area (Å²) < 4.78 is 18.0. The third kappa shape index (κ3) is 4.11. The number of halogens is 1. The normalized spacial score (nSPS) is 15.7. The summed E-state index contributed by atoms with van der Waals surface area (Å²) in [5.41, 5.74) is 0.441. The summed E-state index contributed by atoms with van der Waals surface area (Å²) in [7, 11) is 0. The maximum absolute atomic E-state index is 12.8. The predicted molar refractivity (Wildman–Crippen MR) is 76.2 cm³/mol. The second kappa shape index (κ2) is 5.69. The van der Waals surface area contributed by atoms with Crippen LogP contribution in [0.4, 0.5) is 14.9 Å².